The fourth-order valence-corrected chi connectivity index (χ4v) is 6.80. The molecule has 0 aromatic heterocycles. The zero-order chi connectivity index (χ0) is 35.3. The predicted octanol–water partition coefficient (Wildman–Crippen LogP) is 6.13. The van der Waals surface area contributed by atoms with Crippen molar-refractivity contribution in [1.29, 1.82) is 21.0 Å². The zero-order valence-electron chi connectivity index (χ0n) is 25.7. The van der Waals surface area contributed by atoms with Crippen LogP contribution in [0.4, 0.5) is 0 Å². The summed E-state index contributed by atoms with van der Waals surface area (Å²) in [4.78, 5) is 0. The van der Waals surface area contributed by atoms with Crippen molar-refractivity contribution in [2.45, 2.75) is 32.6 Å². The first kappa shape index (κ1) is 39.0. The van der Waals surface area contributed by atoms with Crippen molar-refractivity contribution in [2.24, 2.45) is 22.9 Å². The Morgan fingerprint density at radius 2 is 0.915 bits per heavy atom. The number of rotatable bonds is 6. The standard InChI is InChI=1S/2C15H13BrN4OS.C2H6O/c2*1-2-21-12-4-3-8(16)5-9(12)13-10(6-17)14(19)22-15(20)11(13)7-18;1-2-3/h2*3-5,13H,2,19-20H2,1H3;3H,2H2,1H3. The maximum atomic E-state index is 9.46. The molecular formula is C32H32Br2N8O3S2. The topological polar surface area (TPSA) is 238 Å². The minimum atomic E-state index is -0.615. The van der Waals surface area contributed by atoms with E-state index < -0.39 is 11.8 Å². The van der Waals surface area contributed by atoms with Crippen LogP contribution in [0.15, 0.2) is 87.8 Å². The Labute approximate surface area is 299 Å². The number of hydrogen-bond donors (Lipinski definition) is 5. The summed E-state index contributed by atoms with van der Waals surface area (Å²) in [6.45, 7) is 6.61. The molecule has 4 rings (SSSR count). The van der Waals surface area contributed by atoms with Crippen LogP contribution in [-0.2, 0) is 0 Å². The minimum Gasteiger partial charge on any atom is -0.494 e. The number of ether oxygens (including phenoxy) is 2. The molecule has 2 aromatic rings. The quantitative estimate of drug-likeness (QED) is 0.221. The summed E-state index contributed by atoms with van der Waals surface area (Å²) in [6.07, 6.45) is 0. The zero-order valence-corrected chi connectivity index (χ0v) is 30.5. The molecule has 2 aliphatic heterocycles. The minimum absolute atomic E-state index is 0.250. The van der Waals surface area contributed by atoms with E-state index in [2.05, 4.69) is 56.1 Å². The van der Waals surface area contributed by atoms with Crippen LogP contribution in [0.1, 0.15) is 43.7 Å². The van der Waals surface area contributed by atoms with Gasteiger partial charge in [-0.25, -0.2) is 0 Å². The molecule has 244 valence electrons. The number of aliphatic hydroxyl groups is 1. The van der Waals surface area contributed by atoms with E-state index in [0.717, 1.165) is 32.5 Å². The Morgan fingerprint density at radius 1 is 0.638 bits per heavy atom. The molecule has 15 heteroatoms. The van der Waals surface area contributed by atoms with Gasteiger partial charge < -0.3 is 37.5 Å². The highest BCUT2D eigenvalue weighted by Gasteiger charge is 2.34. The highest BCUT2D eigenvalue weighted by molar-refractivity contribution is 9.10. The van der Waals surface area contributed by atoms with Gasteiger partial charge in [0.1, 0.15) is 11.5 Å². The Morgan fingerprint density at radius 3 is 1.15 bits per heavy atom. The van der Waals surface area contributed by atoms with Crippen molar-refractivity contribution < 1.29 is 14.6 Å². The third-order valence-corrected chi connectivity index (χ3v) is 9.05. The molecule has 0 aliphatic carbocycles. The molecule has 11 nitrogen and oxygen atoms in total. The SMILES string of the molecule is CCO.CCOc1ccc(Br)cc1C1C(C#N)=C(N)SC(N)=C1C#N.CCOc1ccc(Br)cc1C1C(C#N)=C(N)SC(N)=C1C#N. The smallest absolute Gasteiger partial charge is 0.123 e. The molecule has 2 aromatic carbocycles. The summed E-state index contributed by atoms with van der Waals surface area (Å²) in [7, 11) is 0. The second-order valence-electron chi connectivity index (χ2n) is 9.18. The molecular weight excluding hydrogens is 768 g/mol. The van der Waals surface area contributed by atoms with Gasteiger partial charge in [0.15, 0.2) is 0 Å². The lowest BCUT2D eigenvalue weighted by atomic mass is 9.85. The third kappa shape index (κ3) is 9.42. The number of allylic oxidation sites excluding steroid dienone is 4. The fourth-order valence-electron chi connectivity index (χ4n) is 4.48. The molecule has 0 saturated heterocycles. The van der Waals surface area contributed by atoms with E-state index in [4.69, 9.17) is 37.5 Å². The maximum Gasteiger partial charge on any atom is 0.123 e. The molecule has 47 heavy (non-hydrogen) atoms. The monoisotopic (exact) mass is 798 g/mol. The van der Waals surface area contributed by atoms with Gasteiger partial charge >= 0.3 is 0 Å². The predicted molar refractivity (Wildman–Crippen MR) is 191 cm³/mol. The Kier molecular flexibility index (Phi) is 15.6. The van der Waals surface area contributed by atoms with E-state index >= 15 is 0 Å². The number of thioether (sulfide) groups is 2. The van der Waals surface area contributed by atoms with Crippen molar-refractivity contribution in [3.63, 3.8) is 0 Å². The highest BCUT2D eigenvalue weighted by atomic mass is 79.9. The lowest BCUT2D eigenvalue weighted by Gasteiger charge is -2.25. The maximum absolute atomic E-state index is 9.46. The Bertz CT molecular complexity index is 1600. The molecule has 9 N–H and O–H groups in total. The van der Waals surface area contributed by atoms with Crippen molar-refractivity contribution >= 4 is 55.4 Å². The van der Waals surface area contributed by atoms with Crippen LogP contribution in [-0.4, -0.2) is 24.9 Å². The first-order valence-electron chi connectivity index (χ1n) is 13.9. The van der Waals surface area contributed by atoms with Gasteiger partial charge in [-0.15, -0.1) is 0 Å². The van der Waals surface area contributed by atoms with Gasteiger partial charge in [-0.05, 0) is 57.2 Å². The van der Waals surface area contributed by atoms with Gasteiger partial charge in [0.25, 0.3) is 0 Å². The fraction of sp³-hybridized carbons (Fsp3) is 0.250. The van der Waals surface area contributed by atoms with E-state index in [0.29, 0.717) is 78.2 Å². The van der Waals surface area contributed by atoms with Crippen LogP contribution in [0.3, 0.4) is 0 Å². The molecule has 0 radical (unpaired) electrons. The molecule has 2 aliphatic rings. The normalized spacial score (nSPS) is 14.9. The summed E-state index contributed by atoms with van der Waals surface area (Å²) >= 11 is 8.90. The van der Waals surface area contributed by atoms with Crippen LogP contribution in [0.25, 0.3) is 0 Å². The molecule has 0 amide bonds. The Hall–Kier alpha value is -4.22. The summed E-state index contributed by atoms with van der Waals surface area (Å²) in [5.74, 6) is -0.0296. The van der Waals surface area contributed by atoms with E-state index in [9.17, 15) is 21.0 Å². The molecule has 0 atom stereocenters. The van der Waals surface area contributed by atoms with E-state index in [-0.39, 0.29) is 6.61 Å². The largest absolute Gasteiger partial charge is 0.494 e. The van der Waals surface area contributed by atoms with Gasteiger partial charge in [0, 0.05) is 26.7 Å². The van der Waals surface area contributed by atoms with Gasteiger partial charge in [0.05, 0.1) is 91.7 Å². The van der Waals surface area contributed by atoms with Gasteiger partial charge in [-0.2, -0.15) is 21.0 Å². The van der Waals surface area contributed by atoms with Crippen LogP contribution >= 0.6 is 55.4 Å². The van der Waals surface area contributed by atoms with Crippen LogP contribution in [0.5, 0.6) is 11.5 Å². The number of nitrogens with zero attached hydrogens (tertiary/aromatic N) is 4. The molecule has 0 unspecified atom stereocenters. The lowest BCUT2D eigenvalue weighted by Crippen LogP contribution is -2.19. The second-order valence-corrected chi connectivity index (χ2v) is 13.2. The van der Waals surface area contributed by atoms with Crippen molar-refractivity contribution in [3.05, 3.63) is 98.9 Å². The summed E-state index contributed by atoms with van der Waals surface area (Å²) < 4.78 is 12.9. The van der Waals surface area contributed by atoms with Gasteiger partial charge in [-0.1, -0.05) is 55.4 Å². The highest BCUT2D eigenvalue weighted by Crippen LogP contribution is 2.47. The molecule has 0 fully saturated rings. The Balaban J connectivity index is 0.000000302. The average Bonchev–Trinajstić information content (AvgIpc) is 3.03. The van der Waals surface area contributed by atoms with E-state index in [1.807, 2.05) is 38.1 Å². The van der Waals surface area contributed by atoms with Crippen LogP contribution in [0.2, 0.25) is 0 Å². The van der Waals surface area contributed by atoms with Crippen LogP contribution in [0, 0.1) is 45.3 Å². The van der Waals surface area contributed by atoms with E-state index in [1.54, 1.807) is 19.1 Å². The van der Waals surface area contributed by atoms with Crippen molar-refractivity contribution in [1.82, 2.24) is 0 Å². The number of aliphatic hydroxyl groups excluding tert-OH is 1. The second kappa shape index (κ2) is 18.8. The third-order valence-electron chi connectivity index (χ3n) is 6.30. The first-order chi connectivity index (χ1) is 22.5. The summed E-state index contributed by atoms with van der Waals surface area (Å²) in [5, 5.41) is 46.6. The summed E-state index contributed by atoms with van der Waals surface area (Å²) in [5.41, 5.74) is 26.4. The van der Waals surface area contributed by atoms with Gasteiger partial charge in [-0.3, -0.25) is 0 Å². The average molecular weight is 801 g/mol. The molecule has 0 saturated carbocycles. The van der Waals surface area contributed by atoms with E-state index in [1.165, 1.54) is 0 Å². The molecule has 2 heterocycles. The van der Waals surface area contributed by atoms with Crippen LogP contribution < -0.4 is 32.4 Å². The summed E-state index contributed by atoms with van der Waals surface area (Å²) in [6, 6.07) is 19.3. The number of hydrogen-bond acceptors (Lipinski definition) is 13. The van der Waals surface area contributed by atoms with Crippen molar-refractivity contribution in [2.75, 3.05) is 19.8 Å². The molecule has 0 spiro atoms. The molecule has 0 bridgehead atoms. The lowest BCUT2D eigenvalue weighted by molar-refractivity contribution is 0.318. The van der Waals surface area contributed by atoms with Crippen molar-refractivity contribution in [3.8, 4) is 35.8 Å². The first-order valence-corrected chi connectivity index (χ1v) is 17.1. The number of halogens is 2. The number of nitrogens with two attached hydrogens (primary N) is 4. The number of nitriles is 4. The van der Waals surface area contributed by atoms with Gasteiger partial charge in [0.2, 0.25) is 0 Å². The number of benzene rings is 2.